The highest BCUT2D eigenvalue weighted by Crippen LogP contribution is 2.17. The molecule has 128 valence electrons. The summed E-state index contributed by atoms with van der Waals surface area (Å²) in [5, 5.41) is 12.9. The molecule has 1 atom stereocenters. The molecule has 0 fully saturated rings. The minimum atomic E-state index is -0.757. The Balaban J connectivity index is 1.89. The van der Waals surface area contributed by atoms with Crippen LogP contribution in [0.25, 0.3) is 0 Å². The largest absolute Gasteiger partial charge is 0.497 e. The average Bonchev–Trinajstić information content (AvgIpc) is 2.59. The fourth-order valence-corrected chi connectivity index (χ4v) is 2.36. The van der Waals surface area contributed by atoms with E-state index < -0.39 is 6.10 Å². The van der Waals surface area contributed by atoms with Crippen LogP contribution in [0.15, 0.2) is 48.5 Å². The monoisotopic (exact) mass is 328 g/mol. The fraction of sp³-hybridized carbons (Fsp3) is 0.316. The summed E-state index contributed by atoms with van der Waals surface area (Å²) in [4.78, 5) is 14.2. The molecule has 0 aliphatic carbocycles. The SMILES string of the molecule is COc1ccc(C(O)CNC(=O)c2ccc(CN(C)C)cc2)cc1. The fourth-order valence-electron chi connectivity index (χ4n) is 2.36. The maximum absolute atomic E-state index is 12.2. The third-order valence-corrected chi connectivity index (χ3v) is 3.67. The van der Waals surface area contributed by atoms with Crippen molar-refractivity contribution in [3.8, 4) is 5.75 Å². The van der Waals surface area contributed by atoms with Gasteiger partial charge in [0.2, 0.25) is 0 Å². The zero-order chi connectivity index (χ0) is 17.5. The highest BCUT2D eigenvalue weighted by Gasteiger charge is 2.11. The second kappa shape index (κ2) is 8.47. The van der Waals surface area contributed by atoms with E-state index in [1.807, 2.05) is 26.2 Å². The van der Waals surface area contributed by atoms with E-state index in [4.69, 9.17) is 4.74 Å². The molecule has 0 aliphatic rings. The summed E-state index contributed by atoms with van der Waals surface area (Å²) in [6, 6.07) is 14.6. The van der Waals surface area contributed by atoms with E-state index in [-0.39, 0.29) is 12.5 Å². The lowest BCUT2D eigenvalue weighted by atomic mass is 10.1. The standard InChI is InChI=1S/C19H24N2O3/c1-21(2)13-14-4-6-16(7-5-14)19(23)20-12-18(22)15-8-10-17(24-3)11-9-15/h4-11,18,22H,12-13H2,1-3H3,(H,20,23). The molecular formula is C19H24N2O3. The van der Waals surface area contributed by atoms with E-state index in [0.717, 1.165) is 23.4 Å². The number of methoxy groups -OCH3 is 1. The minimum absolute atomic E-state index is 0.157. The van der Waals surface area contributed by atoms with Gasteiger partial charge in [0.15, 0.2) is 0 Å². The number of carbonyl (C=O) groups excluding carboxylic acids is 1. The van der Waals surface area contributed by atoms with Gasteiger partial charge < -0.3 is 20.1 Å². The summed E-state index contributed by atoms with van der Waals surface area (Å²) in [7, 11) is 5.60. The smallest absolute Gasteiger partial charge is 0.251 e. The van der Waals surface area contributed by atoms with E-state index in [9.17, 15) is 9.90 Å². The topological polar surface area (TPSA) is 61.8 Å². The van der Waals surface area contributed by atoms with Crippen molar-refractivity contribution in [3.63, 3.8) is 0 Å². The molecule has 0 saturated heterocycles. The number of nitrogens with one attached hydrogen (secondary N) is 1. The molecule has 2 aromatic carbocycles. The van der Waals surface area contributed by atoms with Crippen molar-refractivity contribution in [1.29, 1.82) is 0 Å². The van der Waals surface area contributed by atoms with Gasteiger partial charge in [-0.3, -0.25) is 4.79 Å². The molecule has 2 N–H and O–H groups in total. The Morgan fingerprint density at radius 2 is 1.75 bits per heavy atom. The van der Waals surface area contributed by atoms with Gasteiger partial charge in [0.25, 0.3) is 5.91 Å². The Labute approximate surface area is 142 Å². The van der Waals surface area contributed by atoms with Crippen LogP contribution in [0.4, 0.5) is 0 Å². The van der Waals surface area contributed by atoms with Gasteiger partial charge in [0.05, 0.1) is 13.2 Å². The van der Waals surface area contributed by atoms with Crippen LogP contribution in [0.1, 0.15) is 27.6 Å². The van der Waals surface area contributed by atoms with Crippen LogP contribution in [0.3, 0.4) is 0 Å². The summed E-state index contributed by atoms with van der Waals surface area (Å²) in [5.41, 5.74) is 2.46. The second-order valence-corrected chi connectivity index (χ2v) is 5.93. The molecule has 1 amide bonds. The highest BCUT2D eigenvalue weighted by molar-refractivity contribution is 5.94. The number of aliphatic hydroxyl groups is 1. The van der Waals surface area contributed by atoms with E-state index in [2.05, 4.69) is 10.2 Å². The van der Waals surface area contributed by atoms with Crippen LogP contribution in [-0.4, -0.2) is 43.7 Å². The van der Waals surface area contributed by atoms with Crippen LogP contribution >= 0.6 is 0 Å². The number of hydrogen-bond acceptors (Lipinski definition) is 4. The third-order valence-electron chi connectivity index (χ3n) is 3.67. The molecule has 0 heterocycles. The summed E-state index contributed by atoms with van der Waals surface area (Å²) >= 11 is 0. The Hall–Kier alpha value is -2.37. The first kappa shape index (κ1) is 18.0. The molecule has 5 heteroatoms. The summed E-state index contributed by atoms with van der Waals surface area (Å²) < 4.78 is 5.08. The molecule has 24 heavy (non-hydrogen) atoms. The zero-order valence-corrected chi connectivity index (χ0v) is 14.3. The van der Waals surface area contributed by atoms with Gasteiger partial charge in [-0.1, -0.05) is 24.3 Å². The van der Waals surface area contributed by atoms with Crippen LogP contribution in [0, 0.1) is 0 Å². The molecule has 0 spiro atoms. The van der Waals surface area contributed by atoms with Gasteiger partial charge >= 0.3 is 0 Å². The first-order valence-electron chi connectivity index (χ1n) is 7.83. The molecule has 1 unspecified atom stereocenters. The second-order valence-electron chi connectivity index (χ2n) is 5.93. The zero-order valence-electron chi connectivity index (χ0n) is 14.3. The van der Waals surface area contributed by atoms with Crippen molar-refractivity contribution in [2.24, 2.45) is 0 Å². The molecule has 0 aliphatic heterocycles. The highest BCUT2D eigenvalue weighted by atomic mass is 16.5. The van der Waals surface area contributed by atoms with E-state index in [1.165, 1.54) is 0 Å². The van der Waals surface area contributed by atoms with Crippen LogP contribution in [0.5, 0.6) is 5.75 Å². The lowest BCUT2D eigenvalue weighted by Gasteiger charge is -2.13. The number of ether oxygens (including phenoxy) is 1. The van der Waals surface area contributed by atoms with Crippen molar-refractivity contribution >= 4 is 5.91 Å². The number of hydrogen-bond donors (Lipinski definition) is 2. The molecule has 0 bridgehead atoms. The first-order chi connectivity index (χ1) is 11.5. The normalized spacial score (nSPS) is 12.0. The van der Waals surface area contributed by atoms with E-state index >= 15 is 0 Å². The van der Waals surface area contributed by atoms with Crippen molar-refractivity contribution < 1.29 is 14.6 Å². The number of nitrogens with zero attached hydrogens (tertiary/aromatic N) is 1. The number of benzene rings is 2. The van der Waals surface area contributed by atoms with Crippen LogP contribution < -0.4 is 10.1 Å². The van der Waals surface area contributed by atoms with Crippen molar-refractivity contribution in [1.82, 2.24) is 10.2 Å². The van der Waals surface area contributed by atoms with Crippen LogP contribution in [-0.2, 0) is 6.54 Å². The maximum atomic E-state index is 12.2. The maximum Gasteiger partial charge on any atom is 0.251 e. The Morgan fingerprint density at radius 1 is 1.12 bits per heavy atom. The van der Waals surface area contributed by atoms with Crippen LogP contribution in [0.2, 0.25) is 0 Å². The van der Waals surface area contributed by atoms with Gasteiger partial charge in [-0.05, 0) is 49.5 Å². The predicted octanol–water partition coefficient (Wildman–Crippen LogP) is 2.22. The lowest BCUT2D eigenvalue weighted by molar-refractivity contribution is 0.0916. The van der Waals surface area contributed by atoms with E-state index in [1.54, 1.807) is 43.5 Å². The molecule has 5 nitrogen and oxygen atoms in total. The van der Waals surface area contributed by atoms with Gasteiger partial charge in [0, 0.05) is 18.7 Å². The molecule has 0 aromatic heterocycles. The molecule has 0 radical (unpaired) electrons. The molecular weight excluding hydrogens is 304 g/mol. The Kier molecular flexibility index (Phi) is 6.35. The van der Waals surface area contributed by atoms with Gasteiger partial charge in [-0.25, -0.2) is 0 Å². The number of aliphatic hydroxyl groups excluding tert-OH is 1. The Bertz CT molecular complexity index is 651. The minimum Gasteiger partial charge on any atom is -0.497 e. The Morgan fingerprint density at radius 3 is 2.29 bits per heavy atom. The van der Waals surface area contributed by atoms with Gasteiger partial charge in [-0.2, -0.15) is 0 Å². The van der Waals surface area contributed by atoms with E-state index in [0.29, 0.717) is 5.56 Å². The number of amides is 1. The van der Waals surface area contributed by atoms with Gasteiger partial charge in [-0.15, -0.1) is 0 Å². The van der Waals surface area contributed by atoms with Crippen molar-refractivity contribution in [2.75, 3.05) is 27.7 Å². The third kappa shape index (κ3) is 5.08. The summed E-state index contributed by atoms with van der Waals surface area (Å²) in [5.74, 6) is 0.534. The van der Waals surface area contributed by atoms with Gasteiger partial charge in [0.1, 0.15) is 5.75 Å². The quantitative estimate of drug-likeness (QED) is 0.818. The average molecular weight is 328 g/mol. The summed E-state index contributed by atoms with van der Waals surface area (Å²) in [6.07, 6.45) is -0.757. The summed E-state index contributed by atoms with van der Waals surface area (Å²) in [6.45, 7) is 0.989. The van der Waals surface area contributed by atoms with Crippen molar-refractivity contribution in [2.45, 2.75) is 12.6 Å². The molecule has 2 aromatic rings. The predicted molar refractivity (Wildman–Crippen MR) is 94.1 cm³/mol. The number of carbonyl (C=O) groups is 1. The molecule has 2 rings (SSSR count). The lowest BCUT2D eigenvalue weighted by Crippen LogP contribution is -2.28. The van der Waals surface area contributed by atoms with Crippen molar-refractivity contribution in [3.05, 3.63) is 65.2 Å². The number of rotatable bonds is 7. The molecule has 0 saturated carbocycles. The first-order valence-corrected chi connectivity index (χ1v) is 7.83.